The molecule has 1 N–H and O–H groups in total. The summed E-state index contributed by atoms with van der Waals surface area (Å²) in [6.45, 7) is 4.05. The van der Waals surface area contributed by atoms with Gasteiger partial charge in [0, 0.05) is 13.1 Å². The lowest BCUT2D eigenvalue weighted by Crippen LogP contribution is -2.29. The zero-order valence-electron chi connectivity index (χ0n) is 10.2. The average Bonchev–Trinajstić information content (AvgIpc) is 2.71. The maximum atomic E-state index is 13.2. The highest BCUT2D eigenvalue weighted by molar-refractivity contribution is 6.30. The normalized spacial score (nSPS) is 18.5. The number of halogens is 2. The second-order valence-corrected chi connectivity index (χ2v) is 5.78. The van der Waals surface area contributed by atoms with E-state index < -0.39 is 0 Å². The van der Waals surface area contributed by atoms with Crippen molar-refractivity contribution in [3.8, 4) is 0 Å². The van der Waals surface area contributed by atoms with Crippen LogP contribution in [0.5, 0.6) is 0 Å². The van der Waals surface area contributed by atoms with Gasteiger partial charge in [-0.2, -0.15) is 0 Å². The first-order valence-corrected chi connectivity index (χ1v) is 6.62. The van der Waals surface area contributed by atoms with Gasteiger partial charge < -0.3 is 5.32 Å². The van der Waals surface area contributed by atoms with Gasteiger partial charge in [-0.05, 0) is 36.0 Å². The van der Waals surface area contributed by atoms with Gasteiger partial charge in [-0.25, -0.2) is 4.39 Å². The molecule has 1 aliphatic rings. The third-order valence-electron chi connectivity index (χ3n) is 3.68. The minimum atomic E-state index is -0.335. The van der Waals surface area contributed by atoms with Crippen molar-refractivity contribution in [2.24, 2.45) is 5.41 Å². The summed E-state index contributed by atoms with van der Waals surface area (Å²) in [6, 6.07) is 4.99. The van der Waals surface area contributed by atoms with Gasteiger partial charge in [0.25, 0.3) is 0 Å². The molecule has 0 unspecified atom stereocenters. The number of hydrogen-bond acceptors (Lipinski definition) is 1. The summed E-state index contributed by atoms with van der Waals surface area (Å²) in [4.78, 5) is 0. The van der Waals surface area contributed by atoms with Gasteiger partial charge in [-0.15, -0.1) is 0 Å². The van der Waals surface area contributed by atoms with E-state index in [1.54, 1.807) is 6.07 Å². The number of rotatable bonds is 4. The van der Waals surface area contributed by atoms with E-state index in [0.717, 1.165) is 12.1 Å². The molecule has 0 heterocycles. The lowest BCUT2D eigenvalue weighted by molar-refractivity contribution is 0.314. The largest absolute Gasteiger partial charge is 0.312 e. The van der Waals surface area contributed by atoms with Crippen LogP contribution >= 0.6 is 11.6 Å². The molecule has 3 heteroatoms. The van der Waals surface area contributed by atoms with Crippen molar-refractivity contribution in [2.75, 3.05) is 6.54 Å². The molecule has 0 atom stereocenters. The molecule has 1 saturated carbocycles. The second kappa shape index (κ2) is 5.36. The van der Waals surface area contributed by atoms with Crippen molar-refractivity contribution >= 4 is 11.6 Å². The summed E-state index contributed by atoms with van der Waals surface area (Å²) in [5.74, 6) is -0.335. The van der Waals surface area contributed by atoms with Crippen LogP contribution in [0.2, 0.25) is 5.02 Å². The van der Waals surface area contributed by atoms with E-state index in [1.807, 2.05) is 6.07 Å². The van der Waals surface area contributed by atoms with Gasteiger partial charge in [-0.1, -0.05) is 37.4 Å². The van der Waals surface area contributed by atoms with Crippen molar-refractivity contribution < 1.29 is 4.39 Å². The van der Waals surface area contributed by atoms with Crippen molar-refractivity contribution in [1.29, 1.82) is 0 Å². The van der Waals surface area contributed by atoms with Crippen LogP contribution in [0.15, 0.2) is 18.2 Å². The Kier molecular flexibility index (Phi) is 4.05. The van der Waals surface area contributed by atoms with E-state index in [-0.39, 0.29) is 10.8 Å². The predicted molar refractivity (Wildman–Crippen MR) is 69.7 cm³/mol. The molecule has 0 aromatic heterocycles. The molecule has 1 aromatic rings. The van der Waals surface area contributed by atoms with Crippen LogP contribution in [0.3, 0.4) is 0 Å². The number of hydrogen-bond donors (Lipinski definition) is 1. The lowest BCUT2D eigenvalue weighted by Gasteiger charge is -2.23. The number of nitrogens with one attached hydrogen (secondary N) is 1. The molecule has 0 spiro atoms. The molecule has 1 aromatic carbocycles. The van der Waals surface area contributed by atoms with Crippen molar-refractivity contribution in [3.05, 3.63) is 34.6 Å². The molecular formula is C14H19ClFN. The van der Waals surface area contributed by atoms with E-state index in [0.29, 0.717) is 12.0 Å². The van der Waals surface area contributed by atoms with Gasteiger partial charge in [0.05, 0.1) is 5.02 Å². The molecule has 1 fully saturated rings. The summed E-state index contributed by atoms with van der Waals surface area (Å²) in [7, 11) is 0. The van der Waals surface area contributed by atoms with Crippen LogP contribution in [-0.4, -0.2) is 6.54 Å². The van der Waals surface area contributed by atoms with Crippen LogP contribution in [0.1, 0.15) is 38.2 Å². The monoisotopic (exact) mass is 255 g/mol. The first-order chi connectivity index (χ1) is 8.09. The molecule has 94 valence electrons. The molecule has 17 heavy (non-hydrogen) atoms. The summed E-state index contributed by atoms with van der Waals surface area (Å²) in [6.07, 6.45) is 5.28. The van der Waals surface area contributed by atoms with Crippen LogP contribution in [0, 0.1) is 11.2 Å². The van der Waals surface area contributed by atoms with Gasteiger partial charge >= 0.3 is 0 Å². The highest BCUT2D eigenvalue weighted by Crippen LogP contribution is 2.36. The van der Waals surface area contributed by atoms with E-state index in [1.165, 1.54) is 31.7 Å². The molecule has 0 bridgehead atoms. The molecular weight excluding hydrogens is 237 g/mol. The molecule has 2 rings (SSSR count). The Balaban J connectivity index is 1.83. The fraction of sp³-hybridized carbons (Fsp3) is 0.571. The summed E-state index contributed by atoms with van der Waals surface area (Å²) in [5, 5.41) is 3.61. The van der Waals surface area contributed by atoms with Crippen LogP contribution in [0.4, 0.5) is 4.39 Å². The molecule has 0 saturated heterocycles. The zero-order valence-corrected chi connectivity index (χ0v) is 11.0. The predicted octanol–water partition coefficient (Wildman–Crippen LogP) is 4.15. The van der Waals surface area contributed by atoms with E-state index in [4.69, 9.17) is 11.6 Å². The van der Waals surface area contributed by atoms with E-state index in [9.17, 15) is 4.39 Å². The first kappa shape index (κ1) is 12.8. The summed E-state index contributed by atoms with van der Waals surface area (Å²) >= 11 is 5.65. The van der Waals surface area contributed by atoms with Gasteiger partial charge in [0.1, 0.15) is 5.82 Å². The Morgan fingerprint density at radius 1 is 1.35 bits per heavy atom. The van der Waals surface area contributed by atoms with Crippen LogP contribution in [0.25, 0.3) is 0 Å². The van der Waals surface area contributed by atoms with Crippen LogP contribution in [-0.2, 0) is 6.54 Å². The minimum absolute atomic E-state index is 0.191. The fourth-order valence-electron chi connectivity index (χ4n) is 2.56. The third kappa shape index (κ3) is 3.43. The van der Waals surface area contributed by atoms with E-state index >= 15 is 0 Å². The molecule has 0 radical (unpaired) electrons. The first-order valence-electron chi connectivity index (χ1n) is 6.24. The Bertz CT molecular complexity index is 386. The molecule has 0 aliphatic heterocycles. The van der Waals surface area contributed by atoms with Crippen molar-refractivity contribution in [3.63, 3.8) is 0 Å². The van der Waals surface area contributed by atoms with Crippen molar-refractivity contribution in [1.82, 2.24) is 5.32 Å². The molecule has 0 amide bonds. The maximum Gasteiger partial charge on any atom is 0.142 e. The zero-order chi connectivity index (χ0) is 12.3. The Morgan fingerprint density at radius 2 is 2.06 bits per heavy atom. The third-order valence-corrected chi connectivity index (χ3v) is 3.98. The summed E-state index contributed by atoms with van der Waals surface area (Å²) < 4.78 is 13.2. The summed E-state index contributed by atoms with van der Waals surface area (Å²) in [5.41, 5.74) is 1.39. The topological polar surface area (TPSA) is 12.0 Å². The van der Waals surface area contributed by atoms with Gasteiger partial charge in [-0.3, -0.25) is 0 Å². The second-order valence-electron chi connectivity index (χ2n) is 5.37. The van der Waals surface area contributed by atoms with Gasteiger partial charge in [0.2, 0.25) is 0 Å². The van der Waals surface area contributed by atoms with E-state index in [2.05, 4.69) is 12.2 Å². The molecule has 1 aliphatic carbocycles. The smallest absolute Gasteiger partial charge is 0.142 e. The minimum Gasteiger partial charge on any atom is -0.312 e. The Labute approximate surface area is 107 Å². The lowest BCUT2D eigenvalue weighted by atomic mass is 9.89. The fourth-order valence-corrected chi connectivity index (χ4v) is 2.68. The Morgan fingerprint density at radius 3 is 2.71 bits per heavy atom. The SMILES string of the molecule is CC1(CNCc2ccc(Cl)c(F)c2)CCCC1. The van der Waals surface area contributed by atoms with Crippen LogP contribution < -0.4 is 5.32 Å². The van der Waals surface area contributed by atoms with Crippen molar-refractivity contribution in [2.45, 2.75) is 39.2 Å². The average molecular weight is 256 g/mol. The number of benzene rings is 1. The molecule has 1 nitrogen and oxygen atoms in total. The van der Waals surface area contributed by atoms with Gasteiger partial charge in [0.15, 0.2) is 0 Å². The standard InChI is InChI=1S/C14H19ClFN/c1-14(6-2-3-7-14)10-17-9-11-4-5-12(15)13(16)8-11/h4-5,8,17H,2-3,6-7,9-10H2,1H3. The maximum absolute atomic E-state index is 13.2. The highest BCUT2D eigenvalue weighted by atomic mass is 35.5. The Hall–Kier alpha value is -0.600. The quantitative estimate of drug-likeness (QED) is 0.852. The highest BCUT2D eigenvalue weighted by Gasteiger charge is 2.27.